The molecule has 0 heterocycles. The number of carbonyl (C=O) groups excluding carboxylic acids is 1. The van der Waals surface area contributed by atoms with Gasteiger partial charge < -0.3 is 9.84 Å². The molecule has 0 amide bonds. The summed E-state index contributed by atoms with van der Waals surface area (Å²) in [5.74, 6) is -1.03. The van der Waals surface area contributed by atoms with Crippen molar-refractivity contribution in [2.45, 2.75) is 39.0 Å². The Morgan fingerprint density at radius 2 is 1.94 bits per heavy atom. The van der Waals surface area contributed by atoms with Gasteiger partial charge in [0.15, 0.2) is 0 Å². The van der Waals surface area contributed by atoms with Gasteiger partial charge in [0.25, 0.3) is 0 Å². The normalized spacial score (nSPS) is 15.8. The van der Waals surface area contributed by atoms with Crippen LogP contribution in [0.5, 0.6) is 0 Å². The fourth-order valence-corrected chi connectivity index (χ4v) is 1.78. The molecule has 0 aliphatic rings. The number of alkyl halides is 1. The van der Waals surface area contributed by atoms with Gasteiger partial charge in [-0.2, -0.15) is 0 Å². The maximum atomic E-state index is 14.1. The van der Waals surface area contributed by atoms with Crippen LogP contribution in [0.1, 0.15) is 31.4 Å². The van der Waals surface area contributed by atoms with E-state index in [0.717, 1.165) is 5.56 Å². The standard InChI is InChI=1S/C14H19FO3/c1-4-14(17,12(15)13(16)18-5-2)11-8-6-10(3)7-9-11/h6-9,12,17H,4-5H2,1-3H3. The molecule has 0 bridgehead atoms. The van der Waals surface area contributed by atoms with Crippen LogP contribution in [0.15, 0.2) is 24.3 Å². The minimum atomic E-state index is -2.08. The van der Waals surface area contributed by atoms with Crippen LogP contribution >= 0.6 is 0 Å². The molecule has 1 N–H and O–H groups in total. The van der Waals surface area contributed by atoms with Crippen molar-refractivity contribution < 1.29 is 19.0 Å². The maximum absolute atomic E-state index is 14.1. The Morgan fingerprint density at radius 1 is 1.39 bits per heavy atom. The second-order valence-electron chi connectivity index (χ2n) is 4.26. The van der Waals surface area contributed by atoms with Gasteiger partial charge in [0, 0.05) is 0 Å². The number of hydrogen-bond acceptors (Lipinski definition) is 3. The maximum Gasteiger partial charge on any atom is 0.344 e. The largest absolute Gasteiger partial charge is 0.464 e. The molecule has 0 fully saturated rings. The lowest BCUT2D eigenvalue weighted by molar-refractivity contribution is -0.162. The highest BCUT2D eigenvalue weighted by molar-refractivity contribution is 5.76. The molecular formula is C14H19FO3. The van der Waals surface area contributed by atoms with Crippen molar-refractivity contribution in [3.8, 4) is 0 Å². The van der Waals surface area contributed by atoms with E-state index in [-0.39, 0.29) is 13.0 Å². The van der Waals surface area contributed by atoms with Crippen LogP contribution in [0, 0.1) is 6.92 Å². The van der Waals surface area contributed by atoms with E-state index in [2.05, 4.69) is 4.74 Å². The predicted molar refractivity (Wildman–Crippen MR) is 66.9 cm³/mol. The first-order valence-electron chi connectivity index (χ1n) is 6.06. The van der Waals surface area contributed by atoms with Crippen molar-refractivity contribution in [1.82, 2.24) is 0 Å². The molecule has 1 aromatic carbocycles. The molecule has 1 aromatic rings. The van der Waals surface area contributed by atoms with Crippen molar-refractivity contribution in [3.05, 3.63) is 35.4 Å². The first kappa shape index (κ1) is 14.6. The first-order valence-corrected chi connectivity index (χ1v) is 6.06. The Balaban J connectivity index is 3.04. The smallest absolute Gasteiger partial charge is 0.344 e. The van der Waals surface area contributed by atoms with Crippen molar-refractivity contribution in [3.63, 3.8) is 0 Å². The molecule has 4 heteroatoms. The molecule has 1 rings (SSSR count). The van der Waals surface area contributed by atoms with E-state index in [1.807, 2.05) is 6.92 Å². The lowest BCUT2D eigenvalue weighted by atomic mass is 9.86. The zero-order valence-electron chi connectivity index (χ0n) is 10.9. The molecule has 0 aliphatic carbocycles. The number of aliphatic hydroxyl groups is 1. The lowest BCUT2D eigenvalue weighted by Crippen LogP contribution is -2.42. The van der Waals surface area contributed by atoms with E-state index in [1.54, 1.807) is 38.1 Å². The third kappa shape index (κ3) is 2.88. The molecule has 18 heavy (non-hydrogen) atoms. The van der Waals surface area contributed by atoms with Gasteiger partial charge in [-0.25, -0.2) is 9.18 Å². The fraction of sp³-hybridized carbons (Fsp3) is 0.500. The van der Waals surface area contributed by atoms with Crippen molar-refractivity contribution in [1.29, 1.82) is 0 Å². The Bertz CT molecular complexity index is 402. The number of aryl methyl sites for hydroxylation is 1. The molecule has 0 radical (unpaired) electrons. The van der Waals surface area contributed by atoms with E-state index in [9.17, 15) is 14.3 Å². The summed E-state index contributed by atoms with van der Waals surface area (Å²) in [6.07, 6.45) is -1.99. The van der Waals surface area contributed by atoms with Gasteiger partial charge in [0.05, 0.1) is 6.61 Å². The molecule has 0 saturated carbocycles. The summed E-state index contributed by atoms with van der Waals surface area (Å²) in [6.45, 7) is 5.22. The van der Waals surface area contributed by atoms with Crippen LogP contribution in [-0.2, 0) is 15.1 Å². The van der Waals surface area contributed by atoms with E-state index in [1.165, 1.54) is 0 Å². The Morgan fingerprint density at radius 3 is 2.39 bits per heavy atom. The summed E-state index contributed by atoms with van der Waals surface area (Å²) in [5, 5.41) is 10.4. The highest BCUT2D eigenvalue weighted by Gasteiger charge is 2.43. The van der Waals surface area contributed by atoms with Crippen molar-refractivity contribution in [2.75, 3.05) is 6.61 Å². The summed E-state index contributed by atoms with van der Waals surface area (Å²) >= 11 is 0. The second-order valence-corrected chi connectivity index (χ2v) is 4.26. The monoisotopic (exact) mass is 254 g/mol. The number of benzene rings is 1. The number of carbonyl (C=O) groups is 1. The van der Waals surface area contributed by atoms with Crippen LogP contribution in [0.2, 0.25) is 0 Å². The fourth-order valence-electron chi connectivity index (χ4n) is 1.78. The van der Waals surface area contributed by atoms with Gasteiger partial charge in [-0.05, 0) is 25.8 Å². The summed E-state index contributed by atoms with van der Waals surface area (Å²) < 4.78 is 18.7. The third-order valence-corrected chi connectivity index (χ3v) is 3.00. The molecule has 3 nitrogen and oxygen atoms in total. The average molecular weight is 254 g/mol. The molecule has 0 spiro atoms. The van der Waals surface area contributed by atoms with Crippen molar-refractivity contribution >= 4 is 5.97 Å². The van der Waals surface area contributed by atoms with Gasteiger partial charge in [-0.3, -0.25) is 0 Å². The zero-order valence-corrected chi connectivity index (χ0v) is 10.9. The van der Waals surface area contributed by atoms with Gasteiger partial charge in [-0.15, -0.1) is 0 Å². The Hall–Kier alpha value is -1.42. The van der Waals surface area contributed by atoms with Gasteiger partial charge >= 0.3 is 5.97 Å². The van der Waals surface area contributed by atoms with Gasteiger partial charge in [0.2, 0.25) is 6.17 Å². The number of hydrogen-bond donors (Lipinski definition) is 1. The van der Waals surface area contributed by atoms with E-state index >= 15 is 0 Å². The number of ether oxygens (including phenoxy) is 1. The van der Waals surface area contributed by atoms with E-state index in [0.29, 0.717) is 5.56 Å². The van der Waals surface area contributed by atoms with E-state index in [4.69, 9.17) is 0 Å². The topological polar surface area (TPSA) is 46.5 Å². The summed E-state index contributed by atoms with van der Waals surface area (Å²) in [5.41, 5.74) is -0.445. The van der Waals surface area contributed by atoms with Gasteiger partial charge in [-0.1, -0.05) is 36.8 Å². The molecule has 2 unspecified atom stereocenters. The minimum Gasteiger partial charge on any atom is -0.464 e. The van der Waals surface area contributed by atoms with Crippen LogP contribution < -0.4 is 0 Å². The van der Waals surface area contributed by atoms with Crippen LogP contribution in [0.25, 0.3) is 0 Å². The SMILES string of the molecule is CCOC(=O)C(F)C(O)(CC)c1ccc(C)cc1. The predicted octanol–water partition coefficient (Wildman–Crippen LogP) is 2.49. The highest BCUT2D eigenvalue weighted by atomic mass is 19.1. The summed E-state index contributed by atoms with van der Waals surface area (Å²) in [6, 6.07) is 6.80. The molecule has 2 atom stereocenters. The highest BCUT2D eigenvalue weighted by Crippen LogP contribution is 2.31. The lowest BCUT2D eigenvalue weighted by Gasteiger charge is -2.29. The Kier molecular flexibility index (Phi) is 4.84. The number of halogens is 1. The number of esters is 1. The molecule has 100 valence electrons. The van der Waals surface area contributed by atoms with Crippen molar-refractivity contribution in [2.24, 2.45) is 0 Å². The zero-order chi connectivity index (χ0) is 13.8. The summed E-state index contributed by atoms with van der Waals surface area (Å²) in [7, 11) is 0. The van der Waals surface area contributed by atoms with Crippen LogP contribution in [0.3, 0.4) is 0 Å². The van der Waals surface area contributed by atoms with Gasteiger partial charge in [0.1, 0.15) is 5.60 Å². The quantitative estimate of drug-likeness (QED) is 0.821. The molecule has 0 aliphatic heterocycles. The third-order valence-electron chi connectivity index (χ3n) is 3.00. The number of rotatable bonds is 5. The minimum absolute atomic E-state index is 0.0902. The van der Waals surface area contributed by atoms with E-state index < -0.39 is 17.7 Å². The molecular weight excluding hydrogens is 235 g/mol. The summed E-state index contributed by atoms with van der Waals surface area (Å²) in [4.78, 5) is 11.4. The first-order chi connectivity index (χ1) is 8.45. The Labute approximate surface area is 107 Å². The van der Waals surface area contributed by atoms with Crippen LogP contribution in [-0.4, -0.2) is 23.9 Å². The molecule has 0 saturated heterocycles. The van der Waals surface area contributed by atoms with Crippen LogP contribution in [0.4, 0.5) is 4.39 Å². The average Bonchev–Trinajstić information content (AvgIpc) is 2.38. The second kappa shape index (κ2) is 5.96. The molecule has 0 aromatic heterocycles.